The zero-order valence-corrected chi connectivity index (χ0v) is 25.3. The molecule has 3 aromatic heterocycles. The molecule has 0 unspecified atom stereocenters. The van der Waals surface area contributed by atoms with Gasteiger partial charge >= 0.3 is 0 Å². The number of ketones is 3. The lowest BCUT2D eigenvalue weighted by atomic mass is 10.2. The summed E-state index contributed by atoms with van der Waals surface area (Å²) in [5.41, 5.74) is 5.53. The second kappa shape index (κ2) is 13.2. The summed E-state index contributed by atoms with van der Waals surface area (Å²) in [6.07, 6.45) is 0. The number of hydrogen-bond acceptors (Lipinski definition) is 8. The number of fused-ring (bicyclic) bond motifs is 3. The highest BCUT2D eigenvalue weighted by Crippen LogP contribution is 2.28. The largest absolute Gasteiger partial charge is 0.453 e. The molecule has 0 fully saturated rings. The van der Waals surface area contributed by atoms with Crippen molar-refractivity contribution in [2.45, 2.75) is 20.8 Å². The van der Waals surface area contributed by atoms with Crippen molar-refractivity contribution in [3.05, 3.63) is 89.1 Å². The van der Waals surface area contributed by atoms with E-state index in [1.54, 1.807) is 31.3 Å². The number of anilines is 3. The SMILES string of the molecule is CNc1ccc2[nH]c(C(C)=O)cc2c1.CNc1ccc2oc(C(C)=O)cc2c1.CNc1ccc2sc(C(C)=O)cc2c1. The molecule has 0 saturated carbocycles. The first-order chi connectivity index (χ1) is 20.1. The van der Waals surface area contributed by atoms with Gasteiger partial charge in [0.2, 0.25) is 0 Å². The second-order valence-electron chi connectivity index (χ2n) is 9.63. The van der Waals surface area contributed by atoms with Crippen molar-refractivity contribution in [2.24, 2.45) is 0 Å². The average Bonchev–Trinajstić information content (AvgIpc) is 3.73. The van der Waals surface area contributed by atoms with E-state index in [9.17, 15) is 14.4 Å². The van der Waals surface area contributed by atoms with Crippen LogP contribution in [0, 0.1) is 0 Å². The van der Waals surface area contributed by atoms with Crippen LogP contribution in [-0.4, -0.2) is 43.5 Å². The molecule has 8 nitrogen and oxygen atoms in total. The Hall–Kier alpha value is -4.89. The van der Waals surface area contributed by atoms with Crippen LogP contribution < -0.4 is 16.0 Å². The summed E-state index contributed by atoms with van der Waals surface area (Å²) in [5, 5.41) is 12.3. The number of carbonyl (C=O) groups excluding carboxylic acids is 3. The lowest BCUT2D eigenvalue weighted by Gasteiger charge is -1.97. The van der Waals surface area contributed by atoms with E-state index in [1.165, 1.54) is 6.92 Å². The van der Waals surface area contributed by atoms with Crippen LogP contribution >= 0.6 is 11.3 Å². The summed E-state index contributed by atoms with van der Waals surface area (Å²) in [6.45, 7) is 4.66. The third-order valence-corrected chi connectivity index (χ3v) is 7.81. The monoisotopic (exact) mass is 582 g/mol. The molecule has 4 N–H and O–H groups in total. The Morgan fingerprint density at radius 3 is 1.83 bits per heavy atom. The van der Waals surface area contributed by atoms with Gasteiger partial charge in [-0.25, -0.2) is 0 Å². The van der Waals surface area contributed by atoms with Crippen LogP contribution in [0.4, 0.5) is 17.1 Å². The molecule has 6 aromatic rings. The highest BCUT2D eigenvalue weighted by atomic mass is 32.1. The minimum Gasteiger partial charge on any atom is -0.453 e. The van der Waals surface area contributed by atoms with Gasteiger partial charge in [0.15, 0.2) is 23.1 Å². The Morgan fingerprint density at radius 1 is 0.643 bits per heavy atom. The summed E-state index contributed by atoms with van der Waals surface area (Å²) < 4.78 is 6.51. The number of thiophene rings is 1. The topological polar surface area (TPSA) is 116 Å². The quantitative estimate of drug-likeness (QED) is 0.146. The molecule has 42 heavy (non-hydrogen) atoms. The zero-order valence-electron chi connectivity index (χ0n) is 24.5. The van der Waals surface area contributed by atoms with E-state index in [0.29, 0.717) is 11.5 Å². The van der Waals surface area contributed by atoms with Crippen LogP contribution in [0.1, 0.15) is 51.5 Å². The molecule has 216 valence electrons. The predicted octanol–water partition coefficient (Wildman–Crippen LogP) is 8.23. The molecule has 0 spiro atoms. The number of Topliss-reactive ketones (excluding diaryl/α,β-unsaturated/α-hetero) is 3. The fraction of sp³-hybridized carbons (Fsp3) is 0.182. The van der Waals surface area contributed by atoms with Crippen molar-refractivity contribution in [3.8, 4) is 0 Å². The van der Waals surface area contributed by atoms with Gasteiger partial charge in [-0.2, -0.15) is 0 Å². The van der Waals surface area contributed by atoms with Crippen LogP contribution in [-0.2, 0) is 0 Å². The van der Waals surface area contributed by atoms with E-state index < -0.39 is 0 Å². The highest BCUT2D eigenvalue weighted by molar-refractivity contribution is 7.20. The van der Waals surface area contributed by atoms with Crippen LogP contribution in [0.5, 0.6) is 0 Å². The number of furan rings is 1. The Labute approximate surface area is 248 Å². The maximum atomic E-state index is 11.2. The molecule has 0 atom stereocenters. The van der Waals surface area contributed by atoms with Crippen LogP contribution in [0.15, 0.2) is 77.2 Å². The summed E-state index contributed by atoms with van der Waals surface area (Å²) in [4.78, 5) is 37.2. The first-order valence-electron chi connectivity index (χ1n) is 13.4. The molecule has 0 aliphatic carbocycles. The number of aromatic nitrogens is 1. The fourth-order valence-corrected chi connectivity index (χ4v) is 5.16. The predicted molar refractivity (Wildman–Crippen MR) is 175 cm³/mol. The third-order valence-electron chi connectivity index (χ3n) is 6.59. The Bertz CT molecular complexity index is 1680. The summed E-state index contributed by atoms with van der Waals surface area (Å²) in [7, 11) is 5.62. The van der Waals surface area contributed by atoms with Crippen molar-refractivity contribution >= 4 is 77.7 Å². The van der Waals surface area contributed by atoms with Gasteiger partial charge in [0.1, 0.15) is 5.58 Å². The lowest BCUT2D eigenvalue weighted by molar-refractivity contribution is 0.0985. The van der Waals surface area contributed by atoms with Crippen molar-refractivity contribution in [3.63, 3.8) is 0 Å². The fourth-order valence-electron chi connectivity index (χ4n) is 4.22. The summed E-state index contributed by atoms with van der Waals surface area (Å²) in [6, 6.07) is 23.4. The minimum absolute atomic E-state index is 0.0489. The number of rotatable bonds is 6. The van der Waals surface area contributed by atoms with E-state index in [1.807, 2.05) is 81.8 Å². The Balaban J connectivity index is 0.000000145. The number of nitrogens with one attached hydrogen (secondary N) is 4. The molecule has 3 aromatic carbocycles. The number of benzene rings is 3. The molecule has 0 aliphatic rings. The van der Waals surface area contributed by atoms with E-state index in [2.05, 4.69) is 27.0 Å². The van der Waals surface area contributed by atoms with Gasteiger partial charge in [-0.1, -0.05) is 0 Å². The van der Waals surface area contributed by atoms with Gasteiger partial charge in [0.05, 0.1) is 10.6 Å². The summed E-state index contributed by atoms with van der Waals surface area (Å²) in [5.74, 6) is 0.560. The normalized spacial score (nSPS) is 10.4. The molecule has 9 heteroatoms. The van der Waals surface area contributed by atoms with E-state index in [-0.39, 0.29) is 17.3 Å². The third kappa shape index (κ3) is 7.05. The van der Waals surface area contributed by atoms with E-state index in [4.69, 9.17) is 4.42 Å². The van der Waals surface area contributed by atoms with Crippen molar-refractivity contribution in [1.82, 2.24) is 4.98 Å². The van der Waals surface area contributed by atoms with Gasteiger partial charge in [-0.15, -0.1) is 11.3 Å². The number of hydrogen-bond donors (Lipinski definition) is 4. The average molecular weight is 583 g/mol. The minimum atomic E-state index is -0.0489. The van der Waals surface area contributed by atoms with Crippen molar-refractivity contribution in [2.75, 3.05) is 37.1 Å². The standard InChI is InChI=1S/C11H12N2O.C11H11NO2.C11H11NOS/c1-7(14)11-6-8-5-9(12-2)3-4-10(8)13-11;2*1-7(13)11-6-8-5-9(12-2)3-4-10(8)14-11/h3-6,12-13H,1-2H3;2*3-6,12H,1-2H3. The molecule has 0 amide bonds. The molecular formula is C33H34N4O4S. The van der Waals surface area contributed by atoms with Gasteiger partial charge in [-0.3, -0.25) is 14.4 Å². The lowest BCUT2D eigenvalue weighted by Crippen LogP contribution is -1.89. The van der Waals surface area contributed by atoms with Gasteiger partial charge < -0.3 is 25.4 Å². The second-order valence-corrected chi connectivity index (χ2v) is 10.7. The number of aromatic amines is 1. The molecule has 0 saturated heterocycles. The smallest absolute Gasteiger partial charge is 0.194 e. The molecular weight excluding hydrogens is 548 g/mol. The van der Waals surface area contributed by atoms with Gasteiger partial charge in [0, 0.05) is 73.0 Å². The summed E-state index contributed by atoms with van der Waals surface area (Å²) >= 11 is 1.55. The molecule has 0 aliphatic heterocycles. The van der Waals surface area contributed by atoms with E-state index >= 15 is 0 Å². The molecule has 6 rings (SSSR count). The number of carbonyl (C=O) groups is 3. The first kappa shape index (κ1) is 30.1. The zero-order chi connectivity index (χ0) is 30.4. The molecule has 0 radical (unpaired) electrons. The first-order valence-corrected chi connectivity index (χ1v) is 14.2. The van der Waals surface area contributed by atoms with Crippen LogP contribution in [0.25, 0.3) is 32.0 Å². The van der Waals surface area contributed by atoms with Crippen molar-refractivity contribution < 1.29 is 18.8 Å². The maximum absolute atomic E-state index is 11.2. The Morgan fingerprint density at radius 2 is 1.24 bits per heavy atom. The van der Waals surface area contributed by atoms with Gasteiger partial charge in [0.25, 0.3) is 0 Å². The molecule has 0 bridgehead atoms. The van der Waals surface area contributed by atoms with Crippen molar-refractivity contribution in [1.29, 1.82) is 0 Å². The van der Waals surface area contributed by atoms with E-state index in [0.717, 1.165) is 53.9 Å². The number of H-pyrrole nitrogens is 1. The van der Waals surface area contributed by atoms with Crippen LogP contribution in [0.2, 0.25) is 0 Å². The van der Waals surface area contributed by atoms with Crippen LogP contribution in [0.3, 0.4) is 0 Å². The van der Waals surface area contributed by atoms with Gasteiger partial charge in [-0.05, 0) is 85.1 Å². The maximum Gasteiger partial charge on any atom is 0.194 e. The highest BCUT2D eigenvalue weighted by Gasteiger charge is 2.08. The Kier molecular flexibility index (Phi) is 9.44. The molecule has 3 heterocycles.